The lowest BCUT2D eigenvalue weighted by Gasteiger charge is -2.43. The van der Waals surface area contributed by atoms with Gasteiger partial charge in [-0.25, -0.2) is 9.13 Å². The first-order valence-electron chi connectivity index (χ1n) is 39.2. The number of aryl methyl sites for hydroxylation is 6. The fourth-order valence-electron chi connectivity index (χ4n) is 16.5. The van der Waals surface area contributed by atoms with Crippen LogP contribution < -0.4 is 38.2 Å². The summed E-state index contributed by atoms with van der Waals surface area (Å²) in [5, 5.41) is 11.4. The average molecular weight is 1490 g/mol. The first kappa shape index (κ1) is 73.5. The number of hydrogen-bond donors (Lipinski definition) is 0. The summed E-state index contributed by atoms with van der Waals surface area (Å²) < 4.78 is 53.6. The van der Waals surface area contributed by atoms with Crippen molar-refractivity contribution >= 4 is 84.4 Å². The highest BCUT2D eigenvalue weighted by Gasteiger charge is 2.54. The molecule has 0 amide bonds. The van der Waals surface area contributed by atoms with Gasteiger partial charge < -0.3 is 27.9 Å². The molecule has 0 spiro atoms. The fourth-order valence-corrected chi connectivity index (χ4v) is 16.5. The van der Waals surface area contributed by atoms with Crippen LogP contribution in [0.2, 0.25) is 0 Å². The van der Waals surface area contributed by atoms with Gasteiger partial charge >= 0.3 is 14.1 Å². The summed E-state index contributed by atoms with van der Waals surface area (Å²) in [4.78, 5) is 0. The second kappa shape index (κ2) is 32.9. The minimum absolute atomic E-state index is 0.475. The number of hydrogen-bond acceptors (Lipinski definition) is 6. The minimum atomic E-state index is -3.59. The maximum atomic E-state index is 8.66. The van der Waals surface area contributed by atoms with Gasteiger partial charge in [0.25, 0.3) is 0 Å². The summed E-state index contributed by atoms with van der Waals surface area (Å²) in [6.45, 7) is 9.45. The maximum absolute atomic E-state index is 8.66. The molecule has 0 unspecified atom stereocenters. The van der Waals surface area contributed by atoms with Crippen LogP contribution >= 0.6 is 0 Å². The van der Waals surface area contributed by atoms with Crippen molar-refractivity contribution in [3.05, 3.63) is 434 Å². The summed E-state index contributed by atoms with van der Waals surface area (Å²) in [6.07, 6.45) is 4.30. The third kappa shape index (κ3) is 15.0. The normalized spacial score (nSPS) is 12.2. The zero-order valence-corrected chi connectivity index (χ0v) is 65.1. The molecule has 115 heavy (non-hydrogen) atoms. The fraction of sp³-hybridized carbons (Fsp3) is 0.0571. The van der Waals surface area contributed by atoms with E-state index in [4.69, 9.17) is 27.9 Å². The number of imidazole rings is 1. The van der Waals surface area contributed by atoms with Crippen LogP contribution in [0.5, 0.6) is 34.5 Å². The molecular weight excluding hydrogens is 1410 g/mol. The molecule has 8 nitrogen and oxygen atoms in total. The largest absolute Gasteiger partial charge is 0.864 e. The van der Waals surface area contributed by atoms with Crippen LogP contribution in [0.25, 0.3) is 109 Å². The van der Waals surface area contributed by atoms with Crippen molar-refractivity contribution in [1.82, 2.24) is 4.57 Å². The van der Waals surface area contributed by atoms with Gasteiger partial charge in [-0.3, -0.25) is 0 Å². The monoisotopic (exact) mass is 1490 g/mol. The molecule has 0 N–H and O–H groups in total. The van der Waals surface area contributed by atoms with Crippen molar-refractivity contribution in [2.24, 2.45) is 0 Å². The van der Waals surface area contributed by atoms with Crippen LogP contribution in [0.15, 0.2) is 401 Å². The van der Waals surface area contributed by atoms with Gasteiger partial charge in [-0.1, -0.05) is 363 Å². The number of aromatic nitrogens is 2. The Morgan fingerprint density at radius 2 is 0.478 bits per heavy atom. The van der Waals surface area contributed by atoms with E-state index in [1.165, 1.54) is 0 Å². The van der Waals surface area contributed by atoms with Gasteiger partial charge in [0.2, 0.25) is 5.72 Å². The van der Waals surface area contributed by atoms with Crippen LogP contribution in [0.4, 0.5) is 0 Å². The van der Waals surface area contributed by atoms with Gasteiger partial charge in [-0.2, -0.15) is 0 Å². The van der Waals surface area contributed by atoms with Crippen LogP contribution in [0.1, 0.15) is 33.4 Å². The van der Waals surface area contributed by atoms with E-state index >= 15 is 0 Å². The van der Waals surface area contributed by atoms with Crippen molar-refractivity contribution in [3.63, 3.8) is 0 Å². The number of fused-ring (bicyclic) bond motifs is 6. The van der Waals surface area contributed by atoms with Gasteiger partial charge in [0.15, 0.2) is 0 Å². The average Bonchev–Trinajstić information content (AvgIpc) is 1.65. The van der Waals surface area contributed by atoms with Gasteiger partial charge in [-0.15, -0.1) is 0 Å². The van der Waals surface area contributed by atoms with E-state index in [1.54, 1.807) is 0 Å². The van der Waals surface area contributed by atoms with Gasteiger partial charge in [0.05, 0.1) is 17.2 Å². The molecule has 22 rings (SSSR count). The lowest BCUT2D eigenvalue weighted by Crippen LogP contribution is -2.75. The maximum Gasteiger partial charge on any atom is 0.864 e. The molecule has 556 valence electrons. The highest BCUT2D eigenvalue weighted by molar-refractivity contribution is 6.75. The second-order valence-electron chi connectivity index (χ2n) is 29.1. The quantitative estimate of drug-likeness (QED) is 0.130. The Bertz CT molecular complexity index is 5940. The number of benzene rings is 18. The SMILES string of the molecule is Cc1cc(C)c(-n2cc[n+](-c3c(C)cc(C)cc3C)c2[B-]23Oc4ccc5ccccc5c4-c4c(ccc5ccccc45)OB(Oc4ccc5ccccc5c4-c4c(ccc5ccccc45)O2)Oc2ccc4ccccc4c2-c2c(ccc4ccccc24)O3)c(C)c1.c1ccccc1.c1ccccc1.c1ccccc1.c1ccccc1. The molecule has 10 heteroatoms. The van der Waals surface area contributed by atoms with Crippen LogP contribution in [0, 0.1) is 41.5 Å². The zero-order chi connectivity index (χ0) is 78.2. The summed E-state index contributed by atoms with van der Waals surface area (Å²) in [6, 6.07) is 133. The van der Waals surface area contributed by atoms with Crippen molar-refractivity contribution in [3.8, 4) is 79.3 Å². The van der Waals surface area contributed by atoms with Crippen LogP contribution in [0.3, 0.4) is 0 Å². The van der Waals surface area contributed by atoms with Crippen molar-refractivity contribution in [2.75, 3.05) is 0 Å². The third-order valence-corrected chi connectivity index (χ3v) is 21.2. The molecule has 0 saturated heterocycles. The third-order valence-electron chi connectivity index (χ3n) is 21.2. The Morgan fingerprint density at radius 1 is 0.252 bits per heavy atom. The van der Waals surface area contributed by atoms with E-state index in [0.29, 0.717) is 40.2 Å². The Labute approximate surface area is 672 Å². The van der Waals surface area contributed by atoms with E-state index in [0.717, 1.165) is 143 Å². The molecule has 0 aliphatic carbocycles. The highest BCUT2D eigenvalue weighted by atomic mass is 16.8. The van der Waals surface area contributed by atoms with E-state index in [1.807, 2.05) is 164 Å². The minimum Gasteiger partial charge on any atom is -0.640 e. The summed E-state index contributed by atoms with van der Waals surface area (Å²) in [5.74, 6) is 2.91. The molecule has 0 saturated carbocycles. The summed E-state index contributed by atoms with van der Waals surface area (Å²) >= 11 is 0. The molecule has 1 aromatic heterocycles. The Balaban J connectivity index is 0.000000340. The van der Waals surface area contributed by atoms with E-state index < -0.39 is 14.1 Å². The molecular formula is C105H84B2N2O6. The first-order chi connectivity index (χ1) is 56.5. The molecule has 3 aliphatic rings. The standard InChI is InChI=1S/C81H60B2N2O6.4C6H6/c1-49-45-51(3)79(52(4)46-49)84-43-44-85(80-53(5)47-50(2)48-54(80)6)81(84)83-89-70-40-34-58-22-10-16-28-64(58)76(70)73-61-25-13-7-19-55(61)31-37-67(73)86-82(87-68-38-32-56-20-8-14-26-62(56)74(68)77-65-29-17-11-23-59(65)35-41-71(77)90-83)88-69-39-33-57-21-9-15-27-63(57)75(69)78-66-30-18-12-24-60(66)36-42-72(78)91-83;4*1-2-4-6-5-3-1/h7-48H,1-6H3;4*1-6H. The predicted octanol–water partition coefficient (Wildman–Crippen LogP) is 25.8. The van der Waals surface area contributed by atoms with E-state index in [-0.39, 0.29) is 0 Å². The topological polar surface area (TPSA) is 64.2 Å². The summed E-state index contributed by atoms with van der Waals surface area (Å²) in [7, 11) is -1.43. The lowest BCUT2D eigenvalue weighted by atomic mass is 9.73. The van der Waals surface area contributed by atoms with E-state index in [9.17, 15) is 0 Å². The van der Waals surface area contributed by atoms with Crippen LogP contribution in [-0.4, -0.2) is 18.6 Å². The predicted molar refractivity (Wildman–Crippen MR) is 477 cm³/mol. The molecule has 0 radical (unpaired) electrons. The molecule has 3 aliphatic heterocycles. The number of nitrogens with zero attached hydrogens (tertiary/aromatic N) is 2. The molecule has 2 bridgehead atoms. The Morgan fingerprint density at radius 3 is 0.739 bits per heavy atom. The summed E-state index contributed by atoms with van der Waals surface area (Å²) in [5.41, 5.74) is 13.5. The van der Waals surface area contributed by atoms with Crippen molar-refractivity contribution in [1.29, 1.82) is 0 Å². The molecule has 18 aromatic carbocycles. The van der Waals surface area contributed by atoms with Crippen molar-refractivity contribution in [2.45, 2.75) is 41.5 Å². The van der Waals surface area contributed by atoms with Gasteiger partial charge in [0.1, 0.15) is 41.0 Å². The second-order valence-corrected chi connectivity index (χ2v) is 29.1. The highest BCUT2D eigenvalue weighted by Crippen LogP contribution is 2.53. The lowest BCUT2D eigenvalue weighted by molar-refractivity contribution is -0.578. The molecule has 0 atom stereocenters. The first-order valence-corrected chi connectivity index (χ1v) is 39.2. The number of rotatable bonds is 3. The van der Waals surface area contributed by atoms with Crippen molar-refractivity contribution < 1.29 is 32.5 Å². The molecule has 0 fully saturated rings. The zero-order valence-electron chi connectivity index (χ0n) is 65.1. The van der Waals surface area contributed by atoms with Crippen LogP contribution in [-0.2, 0) is 0 Å². The smallest absolute Gasteiger partial charge is 0.640 e. The van der Waals surface area contributed by atoms with Gasteiger partial charge in [-0.05, 0) is 165 Å². The molecule has 4 heterocycles. The van der Waals surface area contributed by atoms with E-state index in [2.05, 4.69) is 288 Å². The Kier molecular flexibility index (Phi) is 21.0. The Hall–Kier alpha value is -14.3. The molecule has 19 aromatic rings. The van der Waals surface area contributed by atoms with Gasteiger partial charge in [0, 0.05) is 33.4 Å².